The fraction of sp³-hybridized carbons (Fsp3) is 0.545. The Morgan fingerprint density at radius 1 is 1.44 bits per heavy atom. The minimum absolute atomic E-state index is 0.0509. The number of hydrogen-bond donors (Lipinski definition) is 3. The summed E-state index contributed by atoms with van der Waals surface area (Å²) in [7, 11) is 0. The molecule has 0 bridgehead atoms. The number of aliphatic carboxylic acids is 1. The predicted molar refractivity (Wildman–Crippen MR) is 65.0 cm³/mol. The van der Waals surface area contributed by atoms with Crippen molar-refractivity contribution in [3.63, 3.8) is 0 Å². The van der Waals surface area contributed by atoms with Crippen molar-refractivity contribution in [1.82, 2.24) is 20.2 Å². The number of carboxylic acids is 1. The molecule has 0 aliphatic rings. The Balaban J connectivity index is 2.08. The molecule has 1 atom stereocenters. The van der Waals surface area contributed by atoms with Crippen molar-refractivity contribution >= 4 is 12.0 Å². The van der Waals surface area contributed by atoms with Crippen molar-refractivity contribution in [3.05, 3.63) is 18.7 Å². The Hall–Kier alpha value is -2.05. The van der Waals surface area contributed by atoms with Crippen LogP contribution >= 0.6 is 0 Å². The smallest absolute Gasteiger partial charge is 0.314 e. The first kappa shape index (κ1) is 14.0. The van der Waals surface area contributed by atoms with Crippen molar-refractivity contribution in [2.45, 2.75) is 19.9 Å². The van der Waals surface area contributed by atoms with E-state index in [0.717, 1.165) is 0 Å². The summed E-state index contributed by atoms with van der Waals surface area (Å²) in [4.78, 5) is 25.7. The van der Waals surface area contributed by atoms with E-state index < -0.39 is 5.97 Å². The highest BCUT2D eigenvalue weighted by Crippen LogP contribution is 1.98. The summed E-state index contributed by atoms with van der Waals surface area (Å²) in [5.41, 5.74) is 0. The number of urea groups is 1. The monoisotopic (exact) mass is 254 g/mol. The minimum atomic E-state index is -0.857. The van der Waals surface area contributed by atoms with E-state index >= 15 is 0 Å². The number of amides is 2. The molecule has 1 rings (SSSR count). The largest absolute Gasteiger partial charge is 0.481 e. The lowest BCUT2D eigenvalue weighted by Gasteiger charge is -2.11. The lowest BCUT2D eigenvalue weighted by molar-refractivity contribution is -0.137. The van der Waals surface area contributed by atoms with Gasteiger partial charge in [-0.25, -0.2) is 9.78 Å². The van der Waals surface area contributed by atoms with E-state index in [1.807, 2.05) is 10.8 Å². The molecule has 7 nitrogen and oxygen atoms in total. The van der Waals surface area contributed by atoms with Crippen LogP contribution in [0.25, 0.3) is 0 Å². The van der Waals surface area contributed by atoms with Gasteiger partial charge >= 0.3 is 12.0 Å². The Morgan fingerprint density at radius 2 is 2.22 bits per heavy atom. The van der Waals surface area contributed by atoms with Gasteiger partial charge in [0.25, 0.3) is 0 Å². The van der Waals surface area contributed by atoms with E-state index in [2.05, 4.69) is 15.6 Å². The molecule has 0 saturated heterocycles. The van der Waals surface area contributed by atoms with Crippen LogP contribution in [-0.2, 0) is 11.3 Å². The van der Waals surface area contributed by atoms with Gasteiger partial charge in [-0.05, 0) is 5.92 Å². The van der Waals surface area contributed by atoms with Gasteiger partial charge in [0.15, 0.2) is 0 Å². The highest BCUT2D eigenvalue weighted by Gasteiger charge is 2.08. The lowest BCUT2D eigenvalue weighted by atomic mass is 10.1. The van der Waals surface area contributed by atoms with E-state index in [-0.39, 0.29) is 18.4 Å². The molecule has 7 heteroatoms. The Bertz CT molecular complexity index is 378. The summed E-state index contributed by atoms with van der Waals surface area (Å²) in [6.45, 7) is 3.27. The number of hydrogen-bond acceptors (Lipinski definition) is 3. The number of carboxylic acid groups (broad SMARTS) is 1. The zero-order chi connectivity index (χ0) is 13.4. The number of nitrogens with one attached hydrogen (secondary N) is 2. The second-order valence-corrected chi connectivity index (χ2v) is 4.14. The maximum absolute atomic E-state index is 11.4. The quantitative estimate of drug-likeness (QED) is 0.651. The molecule has 0 saturated carbocycles. The number of carbonyl (C=O) groups excluding carboxylic acids is 1. The zero-order valence-electron chi connectivity index (χ0n) is 10.3. The van der Waals surface area contributed by atoms with Crippen LogP contribution in [-0.4, -0.2) is 39.7 Å². The molecule has 18 heavy (non-hydrogen) atoms. The molecular weight excluding hydrogens is 236 g/mol. The summed E-state index contributed by atoms with van der Waals surface area (Å²) < 4.78 is 1.85. The predicted octanol–water partition coefficient (Wildman–Crippen LogP) is 0.293. The topological polar surface area (TPSA) is 96.3 Å². The van der Waals surface area contributed by atoms with Crippen LogP contribution in [0.1, 0.15) is 13.3 Å². The van der Waals surface area contributed by atoms with Crippen LogP contribution in [0.15, 0.2) is 18.7 Å². The van der Waals surface area contributed by atoms with Gasteiger partial charge in [-0.1, -0.05) is 6.92 Å². The fourth-order valence-electron chi connectivity index (χ4n) is 1.42. The number of imidazole rings is 1. The van der Waals surface area contributed by atoms with Crippen molar-refractivity contribution < 1.29 is 14.7 Å². The molecule has 100 valence electrons. The molecule has 1 unspecified atom stereocenters. The second kappa shape index (κ2) is 7.31. The van der Waals surface area contributed by atoms with Crippen molar-refractivity contribution in [1.29, 1.82) is 0 Å². The summed E-state index contributed by atoms with van der Waals surface area (Å²) in [5, 5.41) is 13.9. The summed E-state index contributed by atoms with van der Waals surface area (Å²) in [6, 6.07) is -0.285. The highest BCUT2D eigenvalue weighted by atomic mass is 16.4. The van der Waals surface area contributed by atoms with Gasteiger partial charge < -0.3 is 20.3 Å². The molecular formula is C11H18N4O3. The average Bonchev–Trinajstić information content (AvgIpc) is 2.78. The van der Waals surface area contributed by atoms with E-state index in [9.17, 15) is 9.59 Å². The Kier molecular flexibility index (Phi) is 5.69. The van der Waals surface area contributed by atoms with Crippen LogP contribution in [0.2, 0.25) is 0 Å². The van der Waals surface area contributed by atoms with Gasteiger partial charge in [0.2, 0.25) is 0 Å². The highest BCUT2D eigenvalue weighted by molar-refractivity contribution is 5.73. The Morgan fingerprint density at radius 3 is 2.83 bits per heavy atom. The second-order valence-electron chi connectivity index (χ2n) is 4.14. The van der Waals surface area contributed by atoms with Crippen LogP contribution in [0, 0.1) is 5.92 Å². The SMILES string of the molecule is CC(CNC(=O)NCCn1ccnc1)CC(=O)O. The maximum Gasteiger partial charge on any atom is 0.314 e. The fourth-order valence-corrected chi connectivity index (χ4v) is 1.42. The summed E-state index contributed by atoms with van der Waals surface area (Å²) in [6.07, 6.45) is 5.21. The van der Waals surface area contributed by atoms with Gasteiger partial charge in [0.05, 0.1) is 6.33 Å². The first-order chi connectivity index (χ1) is 8.58. The number of carbonyl (C=O) groups is 2. The summed E-state index contributed by atoms with van der Waals surface area (Å²) in [5.74, 6) is -0.938. The van der Waals surface area contributed by atoms with Gasteiger partial charge in [0, 0.05) is 38.4 Å². The molecule has 2 amide bonds. The molecule has 0 fully saturated rings. The van der Waals surface area contributed by atoms with Crippen molar-refractivity contribution in [2.75, 3.05) is 13.1 Å². The first-order valence-electron chi connectivity index (χ1n) is 5.77. The zero-order valence-corrected chi connectivity index (χ0v) is 10.3. The molecule has 0 aliphatic heterocycles. The van der Waals surface area contributed by atoms with E-state index in [1.165, 1.54) is 0 Å². The molecule has 0 aromatic carbocycles. The third-order valence-corrected chi connectivity index (χ3v) is 2.35. The molecule has 0 spiro atoms. The lowest BCUT2D eigenvalue weighted by Crippen LogP contribution is -2.39. The van der Waals surface area contributed by atoms with Gasteiger partial charge in [-0.2, -0.15) is 0 Å². The molecule has 0 radical (unpaired) electrons. The number of nitrogens with zero attached hydrogens (tertiary/aromatic N) is 2. The van der Waals surface area contributed by atoms with Crippen LogP contribution in [0.3, 0.4) is 0 Å². The molecule has 1 aromatic heterocycles. The minimum Gasteiger partial charge on any atom is -0.481 e. The maximum atomic E-state index is 11.4. The average molecular weight is 254 g/mol. The van der Waals surface area contributed by atoms with Gasteiger partial charge in [-0.15, -0.1) is 0 Å². The van der Waals surface area contributed by atoms with Crippen LogP contribution in [0.5, 0.6) is 0 Å². The van der Waals surface area contributed by atoms with Gasteiger partial charge in [0.1, 0.15) is 0 Å². The van der Waals surface area contributed by atoms with E-state index in [4.69, 9.17) is 5.11 Å². The third kappa shape index (κ3) is 5.88. The standard InChI is InChI=1S/C11H18N4O3/c1-9(6-10(16)17)7-14-11(18)13-3-5-15-4-2-12-8-15/h2,4,8-9H,3,5-7H2,1H3,(H,16,17)(H2,13,14,18). The third-order valence-electron chi connectivity index (χ3n) is 2.35. The van der Waals surface area contributed by atoms with Crippen LogP contribution < -0.4 is 10.6 Å². The Labute approximate surface area is 105 Å². The van der Waals surface area contributed by atoms with Crippen LogP contribution in [0.4, 0.5) is 4.79 Å². The molecule has 3 N–H and O–H groups in total. The molecule has 1 aromatic rings. The normalized spacial score (nSPS) is 11.8. The van der Waals surface area contributed by atoms with Crippen molar-refractivity contribution in [2.24, 2.45) is 5.92 Å². The number of aromatic nitrogens is 2. The number of rotatable bonds is 7. The summed E-state index contributed by atoms with van der Waals surface area (Å²) >= 11 is 0. The molecule has 1 heterocycles. The first-order valence-corrected chi connectivity index (χ1v) is 5.77. The molecule has 0 aliphatic carbocycles. The van der Waals surface area contributed by atoms with E-state index in [1.54, 1.807) is 19.4 Å². The van der Waals surface area contributed by atoms with Gasteiger partial charge in [-0.3, -0.25) is 4.79 Å². The van der Waals surface area contributed by atoms with E-state index in [0.29, 0.717) is 19.6 Å². The van der Waals surface area contributed by atoms with Crippen molar-refractivity contribution in [3.8, 4) is 0 Å².